The number of rotatable bonds is 1. The lowest BCUT2D eigenvalue weighted by molar-refractivity contribution is -0.103. The van der Waals surface area contributed by atoms with Gasteiger partial charge >= 0.3 is 0 Å². The standard InChI is InChI=1S/C18H23ClO2/c1-16(2)9-17(3,4)11-18(20,10-16)15-8-12-7-13(19)5-6-14(12)21-15/h5-8,20H,9-11H2,1-4H3. The van der Waals surface area contributed by atoms with Crippen molar-refractivity contribution in [3.8, 4) is 0 Å². The lowest BCUT2D eigenvalue weighted by Gasteiger charge is -2.48. The van der Waals surface area contributed by atoms with Crippen molar-refractivity contribution in [2.45, 2.75) is 52.6 Å². The molecule has 21 heavy (non-hydrogen) atoms. The average Bonchev–Trinajstić information content (AvgIpc) is 2.67. The van der Waals surface area contributed by atoms with Gasteiger partial charge in [-0.05, 0) is 54.4 Å². The number of hydrogen-bond acceptors (Lipinski definition) is 2. The molecule has 0 unspecified atom stereocenters. The average molecular weight is 307 g/mol. The van der Waals surface area contributed by atoms with Crippen molar-refractivity contribution in [2.24, 2.45) is 10.8 Å². The lowest BCUT2D eigenvalue weighted by atomic mass is 9.59. The highest BCUT2D eigenvalue weighted by atomic mass is 35.5. The molecule has 2 aromatic rings. The highest BCUT2D eigenvalue weighted by Crippen LogP contribution is 2.54. The number of hydrogen-bond donors (Lipinski definition) is 1. The summed E-state index contributed by atoms with van der Waals surface area (Å²) in [5.41, 5.74) is 0.0563. The summed E-state index contributed by atoms with van der Waals surface area (Å²) in [6.07, 6.45) is 2.54. The second-order valence-corrected chi connectivity index (χ2v) is 8.62. The molecule has 0 radical (unpaired) electrons. The van der Waals surface area contributed by atoms with Crippen molar-refractivity contribution >= 4 is 22.6 Å². The fourth-order valence-corrected chi connectivity index (χ4v) is 4.66. The van der Waals surface area contributed by atoms with Crippen molar-refractivity contribution in [3.05, 3.63) is 35.0 Å². The Morgan fingerprint density at radius 3 is 2.24 bits per heavy atom. The normalized spacial score (nSPS) is 23.3. The van der Waals surface area contributed by atoms with E-state index in [0.717, 1.165) is 30.2 Å². The third kappa shape index (κ3) is 2.84. The van der Waals surface area contributed by atoms with Crippen LogP contribution < -0.4 is 0 Å². The molecule has 0 saturated heterocycles. The first-order valence-corrected chi connectivity index (χ1v) is 7.89. The smallest absolute Gasteiger partial charge is 0.136 e. The Labute approximate surface area is 131 Å². The molecule has 0 atom stereocenters. The van der Waals surface area contributed by atoms with Gasteiger partial charge in [0.2, 0.25) is 0 Å². The van der Waals surface area contributed by atoms with E-state index in [-0.39, 0.29) is 10.8 Å². The zero-order chi connectivity index (χ0) is 15.5. The minimum atomic E-state index is -0.906. The molecule has 0 spiro atoms. The highest BCUT2D eigenvalue weighted by molar-refractivity contribution is 6.31. The van der Waals surface area contributed by atoms with E-state index in [1.807, 2.05) is 24.3 Å². The van der Waals surface area contributed by atoms with Gasteiger partial charge < -0.3 is 9.52 Å². The van der Waals surface area contributed by atoms with Gasteiger partial charge in [-0.3, -0.25) is 0 Å². The van der Waals surface area contributed by atoms with Crippen LogP contribution in [-0.2, 0) is 5.60 Å². The van der Waals surface area contributed by atoms with Crippen LogP contribution >= 0.6 is 11.6 Å². The van der Waals surface area contributed by atoms with E-state index < -0.39 is 5.60 Å². The second kappa shape index (κ2) is 4.50. The molecule has 1 aromatic heterocycles. The number of benzene rings is 1. The van der Waals surface area contributed by atoms with Crippen molar-refractivity contribution in [3.63, 3.8) is 0 Å². The molecule has 0 aliphatic heterocycles. The van der Waals surface area contributed by atoms with E-state index in [0.29, 0.717) is 10.8 Å². The van der Waals surface area contributed by atoms with Crippen LogP contribution in [0, 0.1) is 10.8 Å². The Balaban J connectivity index is 2.07. The van der Waals surface area contributed by atoms with Crippen molar-refractivity contribution in [1.29, 1.82) is 0 Å². The summed E-state index contributed by atoms with van der Waals surface area (Å²) < 4.78 is 5.94. The van der Waals surface area contributed by atoms with E-state index in [1.54, 1.807) is 0 Å². The first-order chi connectivity index (χ1) is 9.59. The molecule has 1 aliphatic carbocycles. The molecule has 114 valence electrons. The number of fused-ring (bicyclic) bond motifs is 1. The largest absolute Gasteiger partial charge is 0.458 e. The van der Waals surface area contributed by atoms with Crippen LogP contribution in [0.1, 0.15) is 52.7 Å². The summed E-state index contributed by atoms with van der Waals surface area (Å²) in [7, 11) is 0. The molecule has 1 aliphatic rings. The summed E-state index contributed by atoms with van der Waals surface area (Å²) in [5, 5.41) is 12.9. The summed E-state index contributed by atoms with van der Waals surface area (Å²) in [4.78, 5) is 0. The van der Waals surface area contributed by atoms with Crippen LogP contribution in [0.25, 0.3) is 11.0 Å². The molecule has 1 saturated carbocycles. The van der Waals surface area contributed by atoms with Crippen LogP contribution in [-0.4, -0.2) is 5.11 Å². The quantitative estimate of drug-likeness (QED) is 0.753. The summed E-state index contributed by atoms with van der Waals surface area (Å²) in [5.74, 6) is 0.667. The maximum atomic E-state index is 11.3. The molecular formula is C18H23ClO2. The Morgan fingerprint density at radius 2 is 1.62 bits per heavy atom. The molecule has 2 nitrogen and oxygen atoms in total. The molecule has 1 heterocycles. The minimum Gasteiger partial charge on any atom is -0.458 e. The third-order valence-corrected chi connectivity index (χ3v) is 4.67. The first kappa shape index (κ1) is 14.9. The van der Waals surface area contributed by atoms with Crippen LogP contribution in [0.4, 0.5) is 0 Å². The van der Waals surface area contributed by atoms with Gasteiger partial charge in [0.15, 0.2) is 0 Å². The highest BCUT2D eigenvalue weighted by Gasteiger charge is 2.49. The van der Waals surface area contributed by atoms with Crippen molar-refractivity contribution < 1.29 is 9.52 Å². The second-order valence-electron chi connectivity index (χ2n) is 8.18. The summed E-state index contributed by atoms with van der Waals surface area (Å²) in [6, 6.07) is 7.50. The van der Waals surface area contributed by atoms with E-state index in [1.165, 1.54) is 0 Å². The van der Waals surface area contributed by atoms with Crippen LogP contribution in [0.5, 0.6) is 0 Å². The zero-order valence-corrected chi connectivity index (χ0v) is 13.9. The SMILES string of the molecule is CC1(C)CC(C)(C)CC(O)(c2cc3cc(Cl)ccc3o2)C1. The van der Waals surface area contributed by atoms with Crippen LogP contribution in [0.15, 0.2) is 28.7 Å². The summed E-state index contributed by atoms with van der Waals surface area (Å²) >= 11 is 6.03. The van der Waals surface area contributed by atoms with Crippen molar-refractivity contribution in [1.82, 2.24) is 0 Å². The molecule has 1 N–H and O–H groups in total. The minimum absolute atomic E-state index is 0.0904. The van der Waals surface area contributed by atoms with E-state index in [4.69, 9.17) is 16.0 Å². The topological polar surface area (TPSA) is 33.4 Å². The first-order valence-electron chi connectivity index (χ1n) is 7.51. The van der Waals surface area contributed by atoms with Gasteiger partial charge in [0.1, 0.15) is 16.9 Å². The molecule has 1 fully saturated rings. The monoisotopic (exact) mass is 306 g/mol. The molecular weight excluding hydrogens is 284 g/mol. The van der Waals surface area contributed by atoms with Gasteiger partial charge in [0.05, 0.1) is 0 Å². The molecule has 0 bridgehead atoms. The number of aliphatic hydroxyl groups is 1. The van der Waals surface area contributed by atoms with Gasteiger partial charge in [-0.25, -0.2) is 0 Å². The maximum Gasteiger partial charge on any atom is 0.136 e. The van der Waals surface area contributed by atoms with E-state index >= 15 is 0 Å². The van der Waals surface area contributed by atoms with Gasteiger partial charge in [-0.15, -0.1) is 0 Å². The third-order valence-electron chi connectivity index (χ3n) is 4.44. The van der Waals surface area contributed by atoms with Crippen LogP contribution in [0.3, 0.4) is 0 Å². The van der Waals surface area contributed by atoms with E-state index in [9.17, 15) is 5.11 Å². The molecule has 3 heteroatoms. The van der Waals surface area contributed by atoms with E-state index in [2.05, 4.69) is 27.7 Å². The van der Waals surface area contributed by atoms with Gasteiger partial charge in [0, 0.05) is 10.4 Å². The zero-order valence-electron chi connectivity index (χ0n) is 13.2. The molecule has 0 amide bonds. The van der Waals surface area contributed by atoms with Gasteiger partial charge in [0.25, 0.3) is 0 Å². The number of halogens is 1. The fraction of sp³-hybridized carbons (Fsp3) is 0.556. The Bertz CT molecular complexity index is 666. The van der Waals surface area contributed by atoms with Crippen molar-refractivity contribution in [2.75, 3.05) is 0 Å². The molecule has 3 rings (SSSR count). The predicted octanol–water partition coefficient (Wildman–Crippen LogP) is 5.51. The van der Waals surface area contributed by atoms with Gasteiger partial charge in [-0.1, -0.05) is 39.3 Å². The lowest BCUT2D eigenvalue weighted by Crippen LogP contribution is -2.43. The number of furan rings is 1. The van der Waals surface area contributed by atoms with Crippen LogP contribution in [0.2, 0.25) is 5.02 Å². The summed E-state index contributed by atoms with van der Waals surface area (Å²) in [6.45, 7) is 8.88. The van der Waals surface area contributed by atoms with Gasteiger partial charge in [-0.2, -0.15) is 0 Å². The fourth-order valence-electron chi connectivity index (χ4n) is 4.48. The Hall–Kier alpha value is -0.990. The Morgan fingerprint density at radius 1 is 1.00 bits per heavy atom. The Kier molecular flexibility index (Phi) is 3.20. The molecule has 1 aromatic carbocycles. The predicted molar refractivity (Wildman–Crippen MR) is 86.5 cm³/mol. The maximum absolute atomic E-state index is 11.3.